The highest BCUT2D eigenvalue weighted by Crippen LogP contribution is 2.33. The molecule has 0 saturated heterocycles. The molecule has 0 bridgehead atoms. The first-order valence-electron chi connectivity index (χ1n) is 7.20. The van der Waals surface area contributed by atoms with E-state index >= 15 is 0 Å². The number of anilines is 1. The molecule has 2 fully saturated rings. The normalized spacial score (nSPS) is 20.6. The molecule has 0 spiro atoms. The van der Waals surface area contributed by atoms with Crippen LogP contribution in [0.5, 0.6) is 0 Å². The maximum Gasteiger partial charge on any atom is 0.293 e. The lowest BCUT2D eigenvalue weighted by molar-refractivity contribution is 0.257. The van der Waals surface area contributed by atoms with Crippen LogP contribution in [0, 0.1) is 0 Å². The van der Waals surface area contributed by atoms with Crippen molar-refractivity contribution in [3.8, 4) is 0 Å². The Morgan fingerprint density at radius 1 is 1.47 bits per heavy atom. The first-order chi connectivity index (χ1) is 9.16. The van der Waals surface area contributed by atoms with Crippen molar-refractivity contribution in [1.29, 1.82) is 0 Å². The Morgan fingerprint density at radius 2 is 2.21 bits per heavy atom. The lowest BCUT2D eigenvalue weighted by Gasteiger charge is -2.24. The van der Waals surface area contributed by atoms with Gasteiger partial charge >= 0.3 is 0 Å². The smallest absolute Gasteiger partial charge is 0.293 e. The van der Waals surface area contributed by atoms with Gasteiger partial charge < -0.3 is 9.88 Å². The van der Waals surface area contributed by atoms with Crippen LogP contribution in [0.1, 0.15) is 38.6 Å². The van der Waals surface area contributed by atoms with E-state index in [-0.39, 0.29) is 5.56 Å². The molecule has 1 aromatic rings. The number of hydrogen-bond acceptors (Lipinski definition) is 4. The van der Waals surface area contributed by atoms with E-state index in [1.54, 1.807) is 12.4 Å². The van der Waals surface area contributed by atoms with Crippen LogP contribution < -0.4 is 10.9 Å². The van der Waals surface area contributed by atoms with Crippen molar-refractivity contribution < 1.29 is 0 Å². The molecule has 1 N–H and O–H groups in total. The average molecular weight is 262 g/mol. The van der Waals surface area contributed by atoms with Crippen LogP contribution in [0.25, 0.3) is 0 Å². The molecule has 0 aromatic carbocycles. The highest BCUT2D eigenvalue weighted by atomic mass is 16.1. The SMILES string of the molecule is CC(CNc1nccn(C2CC2)c1=O)N(C)C1CC1. The maximum absolute atomic E-state index is 12.2. The third kappa shape index (κ3) is 2.81. The quantitative estimate of drug-likeness (QED) is 0.843. The third-order valence-electron chi connectivity index (χ3n) is 4.19. The fourth-order valence-electron chi connectivity index (χ4n) is 2.42. The van der Waals surface area contributed by atoms with E-state index in [4.69, 9.17) is 0 Å². The highest BCUT2D eigenvalue weighted by Gasteiger charge is 2.29. The minimum absolute atomic E-state index is 0.0197. The minimum Gasteiger partial charge on any atom is -0.364 e. The van der Waals surface area contributed by atoms with E-state index in [9.17, 15) is 4.79 Å². The molecule has 1 atom stereocenters. The molecule has 0 amide bonds. The zero-order valence-electron chi connectivity index (χ0n) is 11.7. The summed E-state index contributed by atoms with van der Waals surface area (Å²) in [5.74, 6) is 0.491. The van der Waals surface area contributed by atoms with Gasteiger partial charge in [0, 0.05) is 37.1 Å². The Labute approximate surface area is 113 Å². The van der Waals surface area contributed by atoms with Crippen molar-refractivity contribution in [2.45, 2.75) is 50.7 Å². The van der Waals surface area contributed by atoms with E-state index in [0.717, 1.165) is 25.4 Å². The predicted molar refractivity (Wildman–Crippen MR) is 75.5 cm³/mol. The Hall–Kier alpha value is -1.36. The first kappa shape index (κ1) is 12.7. The van der Waals surface area contributed by atoms with Crippen LogP contribution >= 0.6 is 0 Å². The second kappa shape index (κ2) is 4.96. The van der Waals surface area contributed by atoms with Gasteiger partial charge in [-0.25, -0.2) is 4.98 Å². The topological polar surface area (TPSA) is 50.2 Å². The van der Waals surface area contributed by atoms with E-state index in [1.165, 1.54) is 12.8 Å². The Bertz CT molecular complexity index is 504. The van der Waals surface area contributed by atoms with E-state index in [2.05, 4.69) is 29.2 Å². The van der Waals surface area contributed by atoms with Crippen molar-refractivity contribution in [1.82, 2.24) is 14.5 Å². The third-order valence-corrected chi connectivity index (χ3v) is 4.19. The Kier molecular flexibility index (Phi) is 3.31. The number of hydrogen-bond donors (Lipinski definition) is 1. The second-order valence-corrected chi connectivity index (χ2v) is 5.85. The molecule has 5 nitrogen and oxygen atoms in total. The lowest BCUT2D eigenvalue weighted by Crippen LogP contribution is -2.37. The van der Waals surface area contributed by atoms with Gasteiger partial charge in [0.25, 0.3) is 5.56 Å². The molecule has 2 aliphatic rings. The number of nitrogens with zero attached hydrogens (tertiary/aromatic N) is 3. The van der Waals surface area contributed by atoms with Gasteiger partial charge in [-0.3, -0.25) is 9.69 Å². The second-order valence-electron chi connectivity index (χ2n) is 5.85. The number of likely N-dealkylation sites (N-methyl/N-ethyl adjacent to an activating group) is 1. The van der Waals surface area contributed by atoms with Gasteiger partial charge in [0.2, 0.25) is 0 Å². The van der Waals surface area contributed by atoms with Gasteiger partial charge in [-0.15, -0.1) is 0 Å². The summed E-state index contributed by atoms with van der Waals surface area (Å²) in [5, 5.41) is 3.21. The highest BCUT2D eigenvalue weighted by molar-refractivity contribution is 5.31. The molecule has 2 saturated carbocycles. The molecule has 3 rings (SSSR count). The average Bonchev–Trinajstić information content (AvgIpc) is 3.29. The molecule has 19 heavy (non-hydrogen) atoms. The minimum atomic E-state index is 0.0197. The van der Waals surface area contributed by atoms with Gasteiger partial charge in [-0.05, 0) is 39.7 Å². The summed E-state index contributed by atoms with van der Waals surface area (Å²) in [6.07, 6.45) is 8.36. The Balaban J connectivity index is 1.63. The van der Waals surface area contributed by atoms with Crippen molar-refractivity contribution in [3.63, 3.8) is 0 Å². The summed E-state index contributed by atoms with van der Waals surface area (Å²) in [4.78, 5) is 18.8. The maximum atomic E-state index is 12.2. The summed E-state index contributed by atoms with van der Waals surface area (Å²) >= 11 is 0. The van der Waals surface area contributed by atoms with Gasteiger partial charge in [-0.1, -0.05) is 0 Å². The van der Waals surface area contributed by atoms with Gasteiger partial charge in [0.15, 0.2) is 5.82 Å². The number of rotatable bonds is 6. The summed E-state index contributed by atoms with van der Waals surface area (Å²) in [6, 6.07) is 1.56. The fourth-order valence-corrected chi connectivity index (χ4v) is 2.42. The van der Waals surface area contributed by atoms with E-state index < -0.39 is 0 Å². The van der Waals surface area contributed by atoms with Crippen LogP contribution in [0.2, 0.25) is 0 Å². The Morgan fingerprint density at radius 3 is 2.84 bits per heavy atom. The number of aromatic nitrogens is 2. The molecule has 0 aliphatic heterocycles. The van der Waals surface area contributed by atoms with Crippen molar-refractivity contribution in [3.05, 3.63) is 22.7 Å². The van der Waals surface area contributed by atoms with Crippen LogP contribution in [-0.4, -0.2) is 40.1 Å². The van der Waals surface area contributed by atoms with E-state index in [1.807, 2.05) is 4.57 Å². The summed E-state index contributed by atoms with van der Waals surface area (Å²) in [7, 11) is 2.16. The van der Waals surface area contributed by atoms with Crippen LogP contribution in [0.15, 0.2) is 17.2 Å². The summed E-state index contributed by atoms with van der Waals surface area (Å²) in [6.45, 7) is 2.96. The van der Waals surface area contributed by atoms with Crippen molar-refractivity contribution >= 4 is 5.82 Å². The van der Waals surface area contributed by atoms with Gasteiger partial charge in [0.05, 0.1) is 0 Å². The largest absolute Gasteiger partial charge is 0.364 e. The molecule has 1 aromatic heterocycles. The van der Waals surface area contributed by atoms with E-state index in [0.29, 0.717) is 17.9 Å². The summed E-state index contributed by atoms with van der Waals surface area (Å²) in [5.41, 5.74) is 0.0197. The van der Waals surface area contributed by atoms with Crippen molar-refractivity contribution in [2.24, 2.45) is 0 Å². The van der Waals surface area contributed by atoms with Crippen LogP contribution in [0.3, 0.4) is 0 Å². The molecular weight excluding hydrogens is 240 g/mol. The van der Waals surface area contributed by atoms with Gasteiger partial charge in [0.1, 0.15) is 0 Å². The predicted octanol–water partition coefficient (Wildman–Crippen LogP) is 1.47. The molecule has 1 heterocycles. The zero-order valence-corrected chi connectivity index (χ0v) is 11.7. The van der Waals surface area contributed by atoms with Crippen molar-refractivity contribution in [2.75, 3.05) is 18.9 Å². The zero-order chi connectivity index (χ0) is 13.4. The fraction of sp³-hybridized carbons (Fsp3) is 0.714. The first-order valence-corrected chi connectivity index (χ1v) is 7.20. The van der Waals surface area contributed by atoms with Crippen LogP contribution in [-0.2, 0) is 0 Å². The number of nitrogens with one attached hydrogen (secondary N) is 1. The molecule has 1 unspecified atom stereocenters. The lowest BCUT2D eigenvalue weighted by atomic mass is 10.3. The molecule has 5 heteroatoms. The summed E-state index contributed by atoms with van der Waals surface area (Å²) < 4.78 is 1.81. The molecule has 2 aliphatic carbocycles. The molecular formula is C14H22N4O. The molecule has 0 radical (unpaired) electrons. The van der Waals surface area contributed by atoms with Gasteiger partial charge in [-0.2, -0.15) is 0 Å². The molecule has 104 valence electrons. The van der Waals surface area contributed by atoms with Crippen LogP contribution in [0.4, 0.5) is 5.82 Å². The standard InChI is InChI=1S/C14H22N4O/c1-10(17(2)11-3-4-11)9-16-13-14(19)18(8-7-15-13)12-5-6-12/h7-8,10-12H,3-6,9H2,1-2H3,(H,15,16). The monoisotopic (exact) mass is 262 g/mol.